The first-order chi connectivity index (χ1) is 10.2. The van der Waals surface area contributed by atoms with Gasteiger partial charge in [-0.15, -0.1) is 11.3 Å². The Hall–Kier alpha value is -1.21. The van der Waals surface area contributed by atoms with Crippen molar-refractivity contribution in [2.24, 2.45) is 0 Å². The summed E-state index contributed by atoms with van der Waals surface area (Å²) in [5, 5.41) is 14.8. The minimum absolute atomic E-state index is 0.258. The molecular weight excluding hydrogens is 308 g/mol. The van der Waals surface area contributed by atoms with Gasteiger partial charge < -0.3 is 15.3 Å². The van der Waals surface area contributed by atoms with E-state index in [1.54, 1.807) is 11.3 Å². The third-order valence-corrected chi connectivity index (χ3v) is 6.36. The highest BCUT2D eigenvalue weighted by atomic mass is 32.2. The molecule has 0 saturated carbocycles. The van der Waals surface area contributed by atoms with Gasteiger partial charge in [-0.2, -0.15) is 11.8 Å². The lowest BCUT2D eigenvalue weighted by Gasteiger charge is -2.33. The molecule has 0 aliphatic carbocycles. The van der Waals surface area contributed by atoms with Crippen LogP contribution in [0.5, 0.6) is 0 Å². The molecule has 3 heterocycles. The number of rotatable bonds is 3. The Bertz CT molecular complexity index is 540. The number of carbonyl (C=O) groups excluding carboxylic acids is 1. The molecule has 0 bridgehead atoms. The molecular formula is C14H18N2O3S2. The number of hydrogen-bond donors (Lipinski definition) is 2. The van der Waals surface area contributed by atoms with Crippen LogP contribution in [0.2, 0.25) is 0 Å². The number of hydrogen-bond acceptors (Lipinski definition) is 4. The maximum atomic E-state index is 12.3. The molecule has 1 saturated heterocycles. The Balaban J connectivity index is 1.68. The summed E-state index contributed by atoms with van der Waals surface area (Å²) in [4.78, 5) is 26.5. The SMILES string of the molecule is O=C(O)C1c2ccsc2CCN1C(=O)NCC1CCCS1. The number of urea groups is 1. The molecule has 0 spiro atoms. The molecule has 2 N–H and O–H groups in total. The summed E-state index contributed by atoms with van der Waals surface area (Å²) in [5.74, 6) is 0.194. The average molecular weight is 326 g/mol. The highest BCUT2D eigenvalue weighted by Crippen LogP contribution is 2.33. The number of thioether (sulfide) groups is 1. The summed E-state index contributed by atoms with van der Waals surface area (Å²) in [7, 11) is 0. The highest BCUT2D eigenvalue weighted by molar-refractivity contribution is 8.00. The Morgan fingerprint density at radius 1 is 1.48 bits per heavy atom. The normalized spacial score (nSPS) is 24.7. The van der Waals surface area contributed by atoms with Gasteiger partial charge in [0.05, 0.1) is 0 Å². The van der Waals surface area contributed by atoms with E-state index >= 15 is 0 Å². The van der Waals surface area contributed by atoms with Crippen molar-refractivity contribution in [2.75, 3.05) is 18.8 Å². The van der Waals surface area contributed by atoms with E-state index in [-0.39, 0.29) is 6.03 Å². The van der Waals surface area contributed by atoms with Crippen LogP contribution >= 0.6 is 23.1 Å². The topological polar surface area (TPSA) is 69.6 Å². The van der Waals surface area contributed by atoms with Gasteiger partial charge in [0.2, 0.25) is 0 Å². The van der Waals surface area contributed by atoms with Gasteiger partial charge in [-0.3, -0.25) is 0 Å². The van der Waals surface area contributed by atoms with Crippen LogP contribution in [-0.4, -0.2) is 46.1 Å². The smallest absolute Gasteiger partial charge is 0.331 e. The van der Waals surface area contributed by atoms with Crippen molar-refractivity contribution >= 4 is 35.1 Å². The fraction of sp³-hybridized carbons (Fsp3) is 0.571. The highest BCUT2D eigenvalue weighted by Gasteiger charge is 2.36. The van der Waals surface area contributed by atoms with E-state index in [0.717, 1.165) is 29.0 Å². The predicted octanol–water partition coefficient (Wildman–Crippen LogP) is 2.34. The number of fused-ring (bicyclic) bond motifs is 1. The van der Waals surface area contributed by atoms with Gasteiger partial charge >= 0.3 is 12.0 Å². The van der Waals surface area contributed by atoms with Crippen LogP contribution in [0.15, 0.2) is 11.4 Å². The van der Waals surface area contributed by atoms with Crippen LogP contribution in [0, 0.1) is 0 Å². The van der Waals surface area contributed by atoms with Crippen molar-refractivity contribution in [3.63, 3.8) is 0 Å². The zero-order valence-electron chi connectivity index (χ0n) is 11.6. The molecule has 2 aliphatic heterocycles. The minimum Gasteiger partial charge on any atom is -0.479 e. The Morgan fingerprint density at radius 2 is 2.33 bits per heavy atom. The van der Waals surface area contributed by atoms with Gasteiger partial charge in [-0.05, 0) is 42.0 Å². The summed E-state index contributed by atoms with van der Waals surface area (Å²) < 4.78 is 0. The molecule has 1 aromatic rings. The van der Waals surface area contributed by atoms with E-state index in [0.29, 0.717) is 18.3 Å². The van der Waals surface area contributed by atoms with Gasteiger partial charge in [-0.25, -0.2) is 9.59 Å². The molecule has 21 heavy (non-hydrogen) atoms. The quantitative estimate of drug-likeness (QED) is 0.894. The molecule has 2 amide bonds. The maximum Gasteiger partial charge on any atom is 0.331 e. The Kier molecular flexibility index (Phi) is 4.40. The van der Waals surface area contributed by atoms with E-state index < -0.39 is 12.0 Å². The Morgan fingerprint density at radius 3 is 3.05 bits per heavy atom. The van der Waals surface area contributed by atoms with Gasteiger partial charge in [0.15, 0.2) is 6.04 Å². The summed E-state index contributed by atoms with van der Waals surface area (Å²) in [6.45, 7) is 1.09. The first kappa shape index (κ1) is 14.7. The van der Waals surface area contributed by atoms with E-state index in [1.165, 1.54) is 11.3 Å². The first-order valence-corrected chi connectivity index (χ1v) is 9.05. The van der Waals surface area contributed by atoms with Gasteiger partial charge in [0.1, 0.15) is 0 Å². The number of nitrogens with one attached hydrogen (secondary N) is 1. The van der Waals surface area contributed by atoms with E-state index in [9.17, 15) is 14.7 Å². The number of thiophene rings is 1. The van der Waals surface area contributed by atoms with Crippen LogP contribution in [0.3, 0.4) is 0 Å². The number of nitrogens with zero attached hydrogens (tertiary/aromatic N) is 1. The third kappa shape index (κ3) is 3.03. The molecule has 0 radical (unpaired) electrons. The predicted molar refractivity (Wildman–Crippen MR) is 84.0 cm³/mol. The lowest BCUT2D eigenvalue weighted by molar-refractivity contribution is -0.142. The first-order valence-electron chi connectivity index (χ1n) is 7.12. The maximum absolute atomic E-state index is 12.3. The molecule has 2 atom stereocenters. The summed E-state index contributed by atoms with van der Waals surface area (Å²) in [5.41, 5.74) is 0.768. The molecule has 1 fully saturated rings. The third-order valence-electron chi connectivity index (χ3n) is 3.97. The molecule has 3 rings (SSSR count). The Labute approximate surface area is 131 Å². The van der Waals surface area contributed by atoms with Crippen molar-refractivity contribution in [1.29, 1.82) is 0 Å². The van der Waals surface area contributed by atoms with Crippen molar-refractivity contribution in [3.8, 4) is 0 Å². The second-order valence-corrected chi connectivity index (χ2v) is 7.71. The molecule has 1 aromatic heterocycles. The molecule has 7 heteroatoms. The van der Waals surface area contributed by atoms with Crippen LogP contribution in [0.1, 0.15) is 29.3 Å². The second-order valence-electron chi connectivity index (χ2n) is 5.30. The monoisotopic (exact) mass is 326 g/mol. The molecule has 2 aliphatic rings. The molecule has 114 valence electrons. The minimum atomic E-state index is -0.959. The van der Waals surface area contributed by atoms with Crippen LogP contribution in [-0.2, 0) is 11.2 Å². The van der Waals surface area contributed by atoms with Gasteiger partial charge in [-0.1, -0.05) is 0 Å². The molecule has 5 nitrogen and oxygen atoms in total. The average Bonchev–Trinajstić information content (AvgIpc) is 3.14. The fourth-order valence-corrected chi connectivity index (χ4v) is 5.01. The summed E-state index contributed by atoms with van der Waals surface area (Å²) in [6, 6.07) is 0.716. The zero-order valence-corrected chi connectivity index (χ0v) is 13.2. The van der Waals surface area contributed by atoms with Crippen LogP contribution in [0.25, 0.3) is 0 Å². The zero-order chi connectivity index (χ0) is 14.8. The largest absolute Gasteiger partial charge is 0.479 e. The van der Waals surface area contributed by atoms with Gasteiger partial charge in [0.25, 0.3) is 0 Å². The number of carbonyl (C=O) groups is 2. The standard InChI is InChI=1S/C14H18N2O3S2/c17-13(18)12-10-4-7-21-11(10)3-5-16(12)14(19)15-8-9-2-1-6-20-9/h4,7,9,12H,1-3,5-6,8H2,(H,15,19)(H,17,18). The molecule has 2 unspecified atom stereocenters. The lowest BCUT2D eigenvalue weighted by Crippen LogP contribution is -2.48. The van der Waals surface area contributed by atoms with E-state index in [4.69, 9.17) is 0 Å². The van der Waals surface area contributed by atoms with E-state index in [2.05, 4.69) is 5.32 Å². The van der Waals surface area contributed by atoms with Crippen LogP contribution in [0.4, 0.5) is 4.79 Å². The summed E-state index contributed by atoms with van der Waals surface area (Å²) in [6.07, 6.45) is 3.06. The van der Waals surface area contributed by atoms with Gasteiger partial charge in [0, 0.05) is 23.2 Å². The van der Waals surface area contributed by atoms with Crippen molar-refractivity contribution in [1.82, 2.24) is 10.2 Å². The second kappa shape index (κ2) is 6.27. The van der Waals surface area contributed by atoms with E-state index in [1.807, 2.05) is 23.2 Å². The fourth-order valence-electron chi connectivity index (χ4n) is 2.91. The number of carboxylic acid groups (broad SMARTS) is 1. The molecule has 0 aromatic carbocycles. The lowest BCUT2D eigenvalue weighted by atomic mass is 10.0. The van der Waals surface area contributed by atoms with Crippen LogP contribution < -0.4 is 5.32 Å². The van der Waals surface area contributed by atoms with Crippen molar-refractivity contribution in [3.05, 3.63) is 21.9 Å². The number of amides is 2. The summed E-state index contributed by atoms with van der Waals surface area (Å²) >= 11 is 3.45. The van der Waals surface area contributed by atoms with Crippen molar-refractivity contribution in [2.45, 2.75) is 30.6 Å². The number of carboxylic acids is 1. The number of aliphatic carboxylic acids is 1. The van der Waals surface area contributed by atoms with Crippen molar-refractivity contribution < 1.29 is 14.7 Å².